The van der Waals surface area contributed by atoms with Gasteiger partial charge >= 0.3 is 5.97 Å². The summed E-state index contributed by atoms with van der Waals surface area (Å²) < 4.78 is 35.3. The molecule has 0 aliphatic rings. The number of aliphatic hydroxyl groups is 2. The molecule has 1 aromatic heterocycles. The third-order valence-corrected chi connectivity index (χ3v) is 7.60. The van der Waals surface area contributed by atoms with E-state index in [1.165, 1.54) is 30.3 Å². The van der Waals surface area contributed by atoms with Gasteiger partial charge in [0.1, 0.15) is 23.1 Å². The van der Waals surface area contributed by atoms with Gasteiger partial charge in [0.2, 0.25) is 0 Å². The van der Waals surface area contributed by atoms with Crippen molar-refractivity contribution in [2.24, 2.45) is 0 Å². The molecule has 0 aliphatic carbocycles. The Morgan fingerprint density at radius 2 is 1.41 bits per heavy atom. The number of halogens is 2. The van der Waals surface area contributed by atoms with Gasteiger partial charge in [0.25, 0.3) is 5.91 Å². The number of nitrogens with zero attached hydrogens (tertiary/aromatic N) is 1. The number of carboxylic acid groups (broad SMARTS) is 1. The highest BCUT2D eigenvalue weighted by Gasteiger charge is 2.30. The third-order valence-electron chi connectivity index (χ3n) is 7.60. The average molecular weight is 633 g/mol. The van der Waals surface area contributed by atoms with Crippen LogP contribution in [-0.2, 0) is 4.79 Å². The first-order valence-electron chi connectivity index (χ1n) is 14.9. The minimum absolute atomic E-state index is 0.228. The van der Waals surface area contributed by atoms with Gasteiger partial charge in [0, 0.05) is 29.3 Å². The number of aliphatic carboxylic acids is 1. The second-order valence-electron chi connectivity index (χ2n) is 11.3. The number of carboxylic acids is 1. The van der Waals surface area contributed by atoms with Crippen LogP contribution in [0.1, 0.15) is 67.4 Å². The van der Waals surface area contributed by atoms with E-state index >= 15 is 0 Å². The summed E-state index contributed by atoms with van der Waals surface area (Å²) in [6.45, 7) is 5.62. The predicted octanol–water partition coefficient (Wildman–Crippen LogP) is 6.78. The van der Waals surface area contributed by atoms with Gasteiger partial charge in [-0.25, -0.2) is 8.78 Å². The van der Waals surface area contributed by atoms with Gasteiger partial charge in [0.15, 0.2) is 0 Å². The molecule has 1 heterocycles. The number of ether oxygens (including phenoxy) is 1. The van der Waals surface area contributed by atoms with Crippen molar-refractivity contribution < 1.29 is 38.4 Å². The number of nitrogens with one attached hydrogen (secondary N) is 1. The number of amides is 1. The topological polar surface area (TPSA) is 121 Å². The van der Waals surface area contributed by atoms with Crippen LogP contribution in [0.25, 0.3) is 28.3 Å². The summed E-state index contributed by atoms with van der Waals surface area (Å²) in [5.41, 5.74) is 3.71. The van der Waals surface area contributed by atoms with Crippen LogP contribution in [0.5, 0.6) is 5.75 Å². The summed E-state index contributed by atoms with van der Waals surface area (Å²) >= 11 is 0. The molecular formula is C36H38F2N2O6. The normalized spacial score (nSPS) is 13.5. The summed E-state index contributed by atoms with van der Waals surface area (Å²) in [4.78, 5) is 25.3. The van der Waals surface area contributed by atoms with Gasteiger partial charge in [-0.2, -0.15) is 0 Å². The van der Waals surface area contributed by atoms with Gasteiger partial charge in [-0.15, -0.1) is 0 Å². The highest BCUT2D eigenvalue weighted by atomic mass is 19.1. The lowest BCUT2D eigenvalue weighted by Gasteiger charge is -2.20. The SMILES string of the molecule is COc1ccc([C@@H](C)NC(=O)c2c(-c3ccc(F)cc3)c(-c3ccc(F)cc3)c(/C=C/[C@@H](O)C[C@@H](O)CC(=O)O)n2C(C)C)cc1. The van der Waals surface area contributed by atoms with E-state index in [4.69, 9.17) is 9.84 Å². The van der Waals surface area contributed by atoms with Gasteiger partial charge in [-0.1, -0.05) is 42.5 Å². The van der Waals surface area contributed by atoms with Crippen molar-refractivity contribution in [2.45, 2.75) is 57.9 Å². The number of benzene rings is 3. The van der Waals surface area contributed by atoms with Crippen molar-refractivity contribution in [1.29, 1.82) is 0 Å². The smallest absolute Gasteiger partial charge is 0.305 e. The summed E-state index contributed by atoms with van der Waals surface area (Å²) in [6.07, 6.45) is -0.224. The van der Waals surface area contributed by atoms with E-state index < -0.39 is 48.2 Å². The molecule has 4 aromatic rings. The van der Waals surface area contributed by atoms with E-state index in [9.17, 15) is 28.6 Å². The number of carbonyl (C=O) groups is 2. The Kier molecular flexibility index (Phi) is 11.1. The molecule has 10 heteroatoms. The number of rotatable bonds is 13. The second kappa shape index (κ2) is 15.0. The van der Waals surface area contributed by atoms with E-state index in [-0.39, 0.29) is 18.2 Å². The van der Waals surface area contributed by atoms with Crippen LogP contribution < -0.4 is 10.1 Å². The van der Waals surface area contributed by atoms with Crippen LogP contribution in [0, 0.1) is 11.6 Å². The zero-order chi connectivity index (χ0) is 33.5. The minimum atomic E-state index is -1.28. The largest absolute Gasteiger partial charge is 0.497 e. The molecule has 0 aliphatic heterocycles. The van der Waals surface area contributed by atoms with Gasteiger partial charge < -0.3 is 29.9 Å². The van der Waals surface area contributed by atoms with Crippen LogP contribution in [0.2, 0.25) is 0 Å². The molecule has 0 saturated carbocycles. The Labute approximate surface area is 266 Å². The summed E-state index contributed by atoms with van der Waals surface area (Å²) in [5.74, 6) is -1.86. The molecule has 46 heavy (non-hydrogen) atoms. The molecule has 0 spiro atoms. The van der Waals surface area contributed by atoms with Crippen LogP contribution >= 0.6 is 0 Å². The van der Waals surface area contributed by atoms with Crippen LogP contribution in [0.4, 0.5) is 8.78 Å². The first-order chi connectivity index (χ1) is 21.9. The lowest BCUT2D eigenvalue weighted by atomic mass is 9.94. The van der Waals surface area contributed by atoms with Crippen molar-refractivity contribution in [3.05, 3.63) is 107 Å². The Hall–Kier alpha value is -4.80. The minimum Gasteiger partial charge on any atom is -0.497 e. The molecule has 0 bridgehead atoms. The third kappa shape index (κ3) is 8.07. The van der Waals surface area contributed by atoms with E-state index in [1.54, 1.807) is 54.2 Å². The summed E-state index contributed by atoms with van der Waals surface area (Å²) in [6, 6.07) is 18.0. The monoisotopic (exact) mass is 632 g/mol. The van der Waals surface area contributed by atoms with Crippen molar-refractivity contribution >= 4 is 18.0 Å². The highest BCUT2D eigenvalue weighted by Crippen LogP contribution is 2.43. The fourth-order valence-corrected chi connectivity index (χ4v) is 5.42. The van der Waals surface area contributed by atoms with E-state index in [1.807, 2.05) is 32.9 Å². The summed E-state index contributed by atoms with van der Waals surface area (Å²) in [7, 11) is 1.57. The van der Waals surface area contributed by atoms with Gasteiger partial charge in [0.05, 0.1) is 31.8 Å². The Morgan fingerprint density at radius 3 is 1.91 bits per heavy atom. The van der Waals surface area contributed by atoms with Crippen molar-refractivity contribution in [1.82, 2.24) is 9.88 Å². The first kappa shape index (κ1) is 34.1. The average Bonchev–Trinajstić information content (AvgIpc) is 3.36. The molecule has 8 nitrogen and oxygen atoms in total. The molecular weight excluding hydrogens is 594 g/mol. The number of carbonyl (C=O) groups excluding carboxylic acids is 1. The molecule has 4 N–H and O–H groups in total. The number of hydrogen-bond acceptors (Lipinski definition) is 5. The Morgan fingerprint density at radius 1 is 0.870 bits per heavy atom. The summed E-state index contributed by atoms with van der Waals surface area (Å²) in [5, 5.41) is 32.9. The second-order valence-corrected chi connectivity index (χ2v) is 11.3. The molecule has 0 unspecified atom stereocenters. The lowest BCUT2D eigenvalue weighted by molar-refractivity contribution is -0.139. The lowest BCUT2D eigenvalue weighted by Crippen LogP contribution is -2.29. The van der Waals surface area contributed by atoms with E-state index in [2.05, 4.69) is 5.32 Å². The molecule has 0 saturated heterocycles. The van der Waals surface area contributed by atoms with E-state index in [0.29, 0.717) is 33.7 Å². The van der Waals surface area contributed by atoms with Gasteiger partial charge in [-0.05, 0) is 79.9 Å². The van der Waals surface area contributed by atoms with Crippen LogP contribution in [0.15, 0.2) is 78.9 Å². The van der Waals surface area contributed by atoms with Crippen molar-refractivity contribution in [3.63, 3.8) is 0 Å². The maximum Gasteiger partial charge on any atom is 0.305 e. The predicted molar refractivity (Wildman–Crippen MR) is 172 cm³/mol. The zero-order valence-electron chi connectivity index (χ0n) is 26.1. The quantitative estimate of drug-likeness (QED) is 0.129. The standard InChI is InChI=1S/C36H38F2N2O6/c1-21(2)40-31(18-15-28(41)19-29(42)20-32(43)44)33(24-5-11-26(37)12-6-24)34(25-7-13-27(38)14-8-25)35(40)36(45)39-22(3)23-9-16-30(46-4)17-10-23/h5-18,21-22,28-29,41-42H,19-20H2,1-4H3,(H,39,45)(H,43,44)/b18-15+/t22-,28-,29-/m1/s1. The zero-order valence-corrected chi connectivity index (χ0v) is 26.1. The maximum absolute atomic E-state index is 14.3. The number of aliphatic hydroxyl groups excluding tert-OH is 2. The van der Waals surface area contributed by atoms with Crippen LogP contribution in [-0.4, -0.2) is 51.1 Å². The molecule has 0 fully saturated rings. The van der Waals surface area contributed by atoms with Gasteiger partial charge in [-0.3, -0.25) is 9.59 Å². The fraction of sp³-hybridized carbons (Fsp3) is 0.278. The molecule has 0 radical (unpaired) electrons. The number of aromatic nitrogens is 1. The fourth-order valence-electron chi connectivity index (χ4n) is 5.42. The Bertz CT molecular complexity index is 1680. The van der Waals surface area contributed by atoms with Crippen molar-refractivity contribution in [3.8, 4) is 28.0 Å². The van der Waals surface area contributed by atoms with E-state index in [0.717, 1.165) is 5.56 Å². The van der Waals surface area contributed by atoms with Crippen molar-refractivity contribution in [2.75, 3.05) is 7.11 Å². The molecule has 3 atom stereocenters. The highest BCUT2D eigenvalue weighted by molar-refractivity contribution is 6.06. The Balaban J connectivity index is 1.93. The number of hydrogen-bond donors (Lipinski definition) is 4. The van der Waals surface area contributed by atoms with Crippen LogP contribution in [0.3, 0.4) is 0 Å². The molecule has 242 valence electrons. The first-order valence-corrected chi connectivity index (χ1v) is 14.9. The molecule has 3 aromatic carbocycles. The maximum atomic E-state index is 14.3. The number of methoxy groups -OCH3 is 1. The molecule has 4 rings (SSSR count). The molecule has 1 amide bonds.